The summed E-state index contributed by atoms with van der Waals surface area (Å²) in [4.78, 5) is 0. The van der Waals surface area contributed by atoms with Crippen LogP contribution in [0.1, 0.15) is 41.4 Å². The van der Waals surface area contributed by atoms with Gasteiger partial charge in [-0.3, -0.25) is 0 Å². The molecule has 0 spiro atoms. The molecule has 0 atom stereocenters. The van der Waals surface area contributed by atoms with E-state index in [1.807, 2.05) is 13.0 Å². The SMILES string of the molecule is Cc1cccc(C2CC(NCc3ccc(C)o3)C2)c1. The minimum absolute atomic E-state index is 0.635. The first-order chi connectivity index (χ1) is 9.20. The zero-order chi connectivity index (χ0) is 13.2. The van der Waals surface area contributed by atoms with Crippen molar-refractivity contribution >= 4 is 0 Å². The van der Waals surface area contributed by atoms with Gasteiger partial charge in [-0.25, -0.2) is 0 Å². The van der Waals surface area contributed by atoms with Gasteiger partial charge in [0.25, 0.3) is 0 Å². The first kappa shape index (κ1) is 12.5. The Labute approximate surface area is 114 Å². The fourth-order valence-electron chi connectivity index (χ4n) is 2.81. The van der Waals surface area contributed by atoms with Gasteiger partial charge in [0, 0.05) is 6.04 Å². The molecular formula is C17H21NO. The molecule has 2 heteroatoms. The minimum atomic E-state index is 0.635. The summed E-state index contributed by atoms with van der Waals surface area (Å²) in [5.74, 6) is 2.76. The summed E-state index contributed by atoms with van der Waals surface area (Å²) in [6.45, 7) is 5.00. The van der Waals surface area contributed by atoms with E-state index in [-0.39, 0.29) is 0 Å². The van der Waals surface area contributed by atoms with Crippen molar-refractivity contribution in [3.63, 3.8) is 0 Å². The maximum atomic E-state index is 5.57. The molecule has 0 amide bonds. The third kappa shape index (κ3) is 2.90. The Bertz CT molecular complexity index is 552. The van der Waals surface area contributed by atoms with Gasteiger partial charge in [-0.15, -0.1) is 0 Å². The van der Waals surface area contributed by atoms with Crippen LogP contribution in [0.5, 0.6) is 0 Å². The van der Waals surface area contributed by atoms with Crippen LogP contribution in [0.2, 0.25) is 0 Å². The fraction of sp³-hybridized carbons (Fsp3) is 0.412. The molecule has 0 saturated heterocycles. The highest BCUT2D eigenvalue weighted by molar-refractivity contribution is 5.27. The first-order valence-corrected chi connectivity index (χ1v) is 7.06. The normalized spacial score (nSPS) is 22.2. The van der Waals surface area contributed by atoms with Crippen LogP contribution in [0, 0.1) is 13.8 Å². The van der Waals surface area contributed by atoms with Crippen LogP contribution in [0.3, 0.4) is 0 Å². The highest BCUT2D eigenvalue weighted by Gasteiger charge is 2.29. The van der Waals surface area contributed by atoms with Crippen molar-refractivity contribution in [1.29, 1.82) is 0 Å². The van der Waals surface area contributed by atoms with Gasteiger partial charge in [0.2, 0.25) is 0 Å². The van der Waals surface area contributed by atoms with Gasteiger partial charge in [0.15, 0.2) is 0 Å². The smallest absolute Gasteiger partial charge is 0.117 e. The molecule has 0 radical (unpaired) electrons. The third-order valence-corrected chi connectivity index (χ3v) is 4.01. The lowest BCUT2D eigenvalue weighted by molar-refractivity contribution is 0.281. The van der Waals surface area contributed by atoms with E-state index in [9.17, 15) is 0 Å². The Morgan fingerprint density at radius 3 is 2.68 bits per heavy atom. The average molecular weight is 255 g/mol. The average Bonchev–Trinajstić information content (AvgIpc) is 2.73. The molecule has 1 saturated carbocycles. The van der Waals surface area contributed by atoms with E-state index in [2.05, 4.69) is 42.6 Å². The van der Waals surface area contributed by atoms with Gasteiger partial charge < -0.3 is 9.73 Å². The van der Waals surface area contributed by atoms with E-state index in [1.165, 1.54) is 24.0 Å². The summed E-state index contributed by atoms with van der Waals surface area (Å²) in [5.41, 5.74) is 2.85. The van der Waals surface area contributed by atoms with E-state index in [0.717, 1.165) is 24.0 Å². The summed E-state index contributed by atoms with van der Waals surface area (Å²) >= 11 is 0. The van der Waals surface area contributed by atoms with Gasteiger partial charge in [-0.2, -0.15) is 0 Å². The van der Waals surface area contributed by atoms with Crippen LogP contribution in [0.25, 0.3) is 0 Å². The largest absolute Gasteiger partial charge is 0.465 e. The number of furan rings is 1. The van der Waals surface area contributed by atoms with E-state index < -0.39 is 0 Å². The summed E-state index contributed by atoms with van der Waals surface area (Å²) in [6.07, 6.45) is 2.48. The number of aryl methyl sites for hydroxylation is 2. The molecule has 0 aliphatic heterocycles. The molecule has 1 aromatic heterocycles. The molecule has 19 heavy (non-hydrogen) atoms. The van der Waals surface area contributed by atoms with Gasteiger partial charge >= 0.3 is 0 Å². The molecule has 1 aliphatic carbocycles. The van der Waals surface area contributed by atoms with E-state index in [1.54, 1.807) is 0 Å². The molecule has 100 valence electrons. The lowest BCUT2D eigenvalue weighted by Gasteiger charge is -2.36. The maximum Gasteiger partial charge on any atom is 0.117 e. The fourth-order valence-corrected chi connectivity index (χ4v) is 2.81. The Morgan fingerprint density at radius 1 is 1.16 bits per heavy atom. The Kier molecular flexibility index (Phi) is 3.43. The monoisotopic (exact) mass is 255 g/mol. The van der Waals surface area contributed by atoms with Crippen LogP contribution < -0.4 is 5.32 Å². The standard InChI is InChI=1S/C17H21NO/c1-12-4-3-5-14(8-12)15-9-16(10-15)18-11-17-7-6-13(2)19-17/h3-8,15-16,18H,9-11H2,1-2H3. The van der Waals surface area contributed by atoms with Gasteiger partial charge in [0.05, 0.1) is 6.54 Å². The molecule has 1 N–H and O–H groups in total. The Hall–Kier alpha value is -1.54. The highest BCUT2D eigenvalue weighted by atomic mass is 16.3. The van der Waals surface area contributed by atoms with Crippen molar-refractivity contribution in [2.75, 3.05) is 0 Å². The number of benzene rings is 1. The number of hydrogen-bond donors (Lipinski definition) is 1. The third-order valence-electron chi connectivity index (χ3n) is 4.01. The number of nitrogens with one attached hydrogen (secondary N) is 1. The van der Waals surface area contributed by atoms with Crippen molar-refractivity contribution in [2.45, 2.75) is 45.2 Å². The maximum absolute atomic E-state index is 5.57. The second-order valence-corrected chi connectivity index (χ2v) is 5.67. The minimum Gasteiger partial charge on any atom is -0.465 e. The van der Waals surface area contributed by atoms with Crippen LogP contribution in [0.15, 0.2) is 40.8 Å². The van der Waals surface area contributed by atoms with Gasteiger partial charge in [-0.1, -0.05) is 29.8 Å². The molecule has 0 bridgehead atoms. The summed E-state index contributed by atoms with van der Waals surface area (Å²) < 4.78 is 5.57. The highest BCUT2D eigenvalue weighted by Crippen LogP contribution is 2.37. The molecule has 0 unspecified atom stereocenters. The van der Waals surface area contributed by atoms with E-state index in [4.69, 9.17) is 4.42 Å². The molecule has 2 nitrogen and oxygen atoms in total. The van der Waals surface area contributed by atoms with Crippen molar-refractivity contribution in [3.05, 3.63) is 59.0 Å². The van der Waals surface area contributed by atoms with Crippen LogP contribution in [0.4, 0.5) is 0 Å². The topological polar surface area (TPSA) is 25.2 Å². The first-order valence-electron chi connectivity index (χ1n) is 7.06. The molecular weight excluding hydrogens is 234 g/mol. The van der Waals surface area contributed by atoms with E-state index in [0.29, 0.717) is 6.04 Å². The van der Waals surface area contributed by atoms with Crippen molar-refractivity contribution in [2.24, 2.45) is 0 Å². The summed E-state index contributed by atoms with van der Waals surface area (Å²) in [6, 6.07) is 13.6. The summed E-state index contributed by atoms with van der Waals surface area (Å²) in [5, 5.41) is 3.57. The molecule has 1 heterocycles. The molecule has 1 aromatic carbocycles. The predicted molar refractivity (Wildman–Crippen MR) is 77.2 cm³/mol. The quantitative estimate of drug-likeness (QED) is 0.895. The second kappa shape index (κ2) is 5.22. The van der Waals surface area contributed by atoms with Gasteiger partial charge in [0.1, 0.15) is 11.5 Å². The zero-order valence-electron chi connectivity index (χ0n) is 11.6. The Balaban J connectivity index is 1.48. The molecule has 1 fully saturated rings. The van der Waals surface area contributed by atoms with Crippen molar-refractivity contribution in [1.82, 2.24) is 5.32 Å². The summed E-state index contributed by atoms with van der Waals surface area (Å²) in [7, 11) is 0. The van der Waals surface area contributed by atoms with Crippen LogP contribution in [-0.2, 0) is 6.54 Å². The van der Waals surface area contributed by atoms with Crippen LogP contribution in [-0.4, -0.2) is 6.04 Å². The van der Waals surface area contributed by atoms with E-state index >= 15 is 0 Å². The van der Waals surface area contributed by atoms with Crippen molar-refractivity contribution in [3.8, 4) is 0 Å². The molecule has 3 rings (SSSR count). The lowest BCUT2D eigenvalue weighted by atomic mass is 9.75. The Morgan fingerprint density at radius 2 is 2.00 bits per heavy atom. The molecule has 1 aliphatic rings. The number of hydrogen-bond acceptors (Lipinski definition) is 2. The molecule has 2 aromatic rings. The van der Waals surface area contributed by atoms with Crippen molar-refractivity contribution < 1.29 is 4.42 Å². The predicted octanol–water partition coefficient (Wildman–Crippen LogP) is 3.93. The van der Waals surface area contributed by atoms with Crippen LogP contribution >= 0.6 is 0 Å². The van der Waals surface area contributed by atoms with Gasteiger partial charge in [-0.05, 0) is 50.3 Å². The lowest BCUT2D eigenvalue weighted by Crippen LogP contribution is -2.39. The number of rotatable bonds is 4. The zero-order valence-corrected chi connectivity index (χ0v) is 11.6. The second-order valence-electron chi connectivity index (χ2n) is 5.67.